The molecule has 0 radical (unpaired) electrons. The average molecular weight is 307 g/mol. The highest BCUT2D eigenvalue weighted by molar-refractivity contribution is 6.48. The van der Waals surface area contributed by atoms with Crippen LogP contribution in [0.2, 0.25) is 13.1 Å². The number of amides is 1. The monoisotopic (exact) mass is 307 g/mol. The van der Waals surface area contributed by atoms with Gasteiger partial charge in [-0.3, -0.25) is 4.79 Å². The van der Waals surface area contributed by atoms with Crippen LogP contribution in [-0.4, -0.2) is 28.6 Å². The van der Waals surface area contributed by atoms with Crippen LogP contribution < -0.4 is 9.64 Å². The van der Waals surface area contributed by atoms with Crippen molar-refractivity contribution >= 4 is 20.6 Å². The Kier molecular flexibility index (Phi) is 4.44. The molecule has 0 aliphatic carbocycles. The summed E-state index contributed by atoms with van der Waals surface area (Å²) in [6.45, 7) is 11.0. The van der Waals surface area contributed by atoms with Crippen LogP contribution in [-0.2, 0) is 9.22 Å². The fourth-order valence-corrected chi connectivity index (χ4v) is 3.62. The van der Waals surface area contributed by atoms with E-state index in [2.05, 4.69) is 33.9 Å². The quantitative estimate of drug-likeness (QED) is 0.805. The van der Waals surface area contributed by atoms with E-state index in [1.54, 1.807) is 11.9 Å². The summed E-state index contributed by atoms with van der Waals surface area (Å²) < 4.78 is 11.8. The second-order valence-electron chi connectivity index (χ2n) is 6.90. The minimum Gasteiger partial charge on any atom is -0.482 e. The number of likely N-dealkylation sites (N-methyl/N-ethyl adjacent to an activating group) is 1. The van der Waals surface area contributed by atoms with Gasteiger partial charge in [-0.2, -0.15) is 0 Å². The molecular formula is C16H25NO3Si. The van der Waals surface area contributed by atoms with Gasteiger partial charge in [0.15, 0.2) is 15.6 Å². The van der Waals surface area contributed by atoms with Crippen molar-refractivity contribution in [2.45, 2.75) is 40.0 Å². The fourth-order valence-electron chi connectivity index (χ4n) is 2.51. The Bertz CT molecular complexity index is 537. The predicted octanol–water partition coefficient (Wildman–Crippen LogP) is 3.13. The molecule has 1 heterocycles. The lowest BCUT2D eigenvalue weighted by molar-refractivity contribution is -0.120. The number of nitrogens with zero attached hydrogens (tertiary/aromatic N) is 1. The summed E-state index contributed by atoms with van der Waals surface area (Å²) in [6, 6.07) is 6.01. The predicted molar refractivity (Wildman–Crippen MR) is 87.5 cm³/mol. The van der Waals surface area contributed by atoms with Gasteiger partial charge in [0.1, 0.15) is 5.75 Å². The molecule has 21 heavy (non-hydrogen) atoms. The maximum atomic E-state index is 11.7. The molecule has 116 valence electrons. The van der Waals surface area contributed by atoms with Crippen LogP contribution in [0.4, 0.5) is 5.69 Å². The van der Waals surface area contributed by atoms with E-state index in [9.17, 15) is 4.79 Å². The van der Waals surface area contributed by atoms with Crippen molar-refractivity contribution in [3.63, 3.8) is 0 Å². The zero-order valence-electron chi connectivity index (χ0n) is 13.8. The number of benzene rings is 1. The summed E-state index contributed by atoms with van der Waals surface area (Å²) in [5.41, 5.74) is 1.96. The third kappa shape index (κ3) is 3.47. The van der Waals surface area contributed by atoms with Crippen LogP contribution in [0.25, 0.3) is 0 Å². The Labute approximate surface area is 128 Å². The van der Waals surface area contributed by atoms with Gasteiger partial charge in [0.2, 0.25) is 0 Å². The molecule has 0 aromatic heterocycles. The number of carbonyl (C=O) groups is 1. The van der Waals surface area contributed by atoms with Crippen LogP contribution in [0.3, 0.4) is 0 Å². The second-order valence-corrected chi connectivity index (χ2v) is 9.27. The van der Waals surface area contributed by atoms with Gasteiger partial charge in [-0.25, -0.2) is 0 Å². The van der Waals surface area contributed by atoms with E-state index >= 15 is 0 Å². The van der Waals surface area contributed by atoms with Gasteiger partial charge in [-0.15, -0.1) is 0 Å². The molecule has 0 saturated carbocycles. The summed E-state index contributed by atoms with van der Waals surface area (Å²) >= 11 is 0. The van der Waals surface area contributed by atoms with E-state index in [4.69, 9.17) is 9.16 Å². The van der Waals surface area contributed by atoms with Gasteiger partial charge in [0.05, 0.1) is 11.8 Å². The molecule has 1 aromatic carbocycles. The molecule has 1 aromatic rings. The number of anilines is 1. The highest BCUT2D eigenvalue weighted by atomic mass is 28.3. The molecule has 5 heteroatoms. The van der Waals surface area contributed by atoms with Crippen molar-refractivity contribution in [3.8, 4) is 5.75 Å². The van der Waals surface area contributed by atoms with Crippen LogP contribution in [0, 0.1) is 5.41 Å². The molecule has 4 nitrogen and oxygen atoms in total. The fraction of sp³-hybridized carbons (Fsp3) is 0.562. The Balaban J connectivity index is 2.38. The van der Waals surface area contributed by atoms with E-state index < -0.39 is 9.04 Å². The highest BCUT2D eigenvalue weighted by Crippen LogP contribution is 2.40. The third-order valence-corrected chi connectivity index (χ3v) is 4.38. The second kappa shape index (κ2) is 5.81. The molecule has 0 fully saturated rings. The minimum atomic E-state index is -1.16. The molecule has 2 rings (SSSR count). The molecule has 1 aliphatic heterocycles. The Hall–Kier alpha value is -1.33. The first kappa shape index (κ1) is 16.0. The molecule has 0 N–H and O–H groups in total. The summed E-state index contributed by atoms with van der Waals surface area (Å²) in [7, 11) is 0.624. The molecule has 1 unspecified atom stereocenters. The smallest absolute Gasteiger partial charge is 0.264 e. The maximum Gasteiger partial charge on any atom is 0.264 e. The van der Waals surface area contributed by atoms with Crippen molar-refractivity contribution in [3.05, 3.63) is 23.8 Å². The van der Waals surface area contributed by atoms with Crippen molar-refractivity contribution in [2.24, 2.45) is 5.41 Å². The van der Waals surface area contributed by atoms with E-state index in [-0.39, 0.29) is 24.0 Å². The number of hydrogen-bond acceptors (Lipinski definition) is 3. The largest absolute Gasteiger partial charge is 0.482 e. The lowest BCUT2D eigenvalue weighted by atomic mass is 9.84. The van der Waals surface area contributed by atoms with Crippen LogP contribution in [0.15, 0.2) is 18.2 Å². The number of ether oxygens (including phenoxy) is 1. The number of carbonyl (C=O) groups excluding carboxylic acids is 1. The molecule has 0 spiro atoms. The Morgan fingerprint density at radius 3 is 2.57 bits per heavy atom. The van der Waals surface area contributed by atoms with Gasteiger partial charge >= 0.3 is 0 Å². The Morgan fingerprint density at radius 1 is 1.33 bits per heavy atom. The van der Waals surface area contributed by atoms with Gasteiger partial charge in [0, 0.05) is 7.05 Å². The minimum absolute atomic E-state index is 0.0158. The zero-order chi connectivity index (χ0) is 15.8. The van der Waals surface area contributed by atoms with E-state index in [1.165, 1.54) is 0 Å². The first-order valence-electron chi connectivity index (χ1n) is 7.39. The number of hydrogen-bond donors (Lipinski definition) is 0. The first-order chi connectivity index (χ1) is 9.70. The van der Waals surface area contributed by atoms with E-state index in [1.807, 2.05) is 18.2 Å². The zero-order valence-corrected chi connectivity index (χ0v) is 14.9. The lowest BCUT2D eigenvalue weighted by Gasteiger charge is -2.34. The summed E-state index contributed by atoms with van der Waals surface area (Å²) in [5.74, 6) is 0.742. The molecule has 0 bridgehead atoms. The highest BCUT2D eigenvalue weighted by Gasteiger charge is 2.30. The van der Waals surface area contributed by atoms with E-state index in [0.717, 1.165) is 17.0 Å². The standard InChI is InChI=1S/C16H25NO3Si/c1-16(2,3)15(20-21(5)6)11-7-8-12-13(9-11)19-10-14(18)17(12)4/h7-9,15,21H,10H2,1-6H3. The average Bonchev–Trinajstić information content (AvgIpc) is 2.38. The molecule has 1 aliphatic rings. The SMILES string of the molecule is CN1C(=O)COc2cc(C(O[SiH](C)C)C(C)(C)C)ccc21. The van der Waals surface area contributed by atoms with E-state index in [0.29, 0.717) is 0 Å². The molecular weight excluding hydrogens is 282 g/mol. The Morgan fingerprint density at radius 2 is 2.00 bits per heavy atom. The van der Waals surface area contributed by atoms with Crippen molar-refractivity contribution in [1.29, 1.82) is 0 Å². The summed E-state index contributed by atoms with van der Waals surface area (Å²) in [6.07, 6.45) is 0.0426. The normalized spacial score (nSPS) is 16.7. The first-order valence-corrected chi connectivity index (χ1v) is 10.2. The van der Waals surface area contributed by atoms with Gasteiger partial charge in [0.25, 0.3) is 5.91 Å². The summed E-state index contributed by atoms with van der Waals surface area (Å²) in [4.78, 5) is 13.3. The number of rotatable bonds is 3. The van der Waals surface area contributed by atoms with Gasteiger partial charge in [-0.1, -0.05) is 26.8 Å². The van der Waals surface area contributed by atoms with Gasteiger partial charge < -0.3 is 14.1 Å². The number of fused-ring (bicyclic) bond motifs is 1. The summed E-state index contributed by atoms with van der Waals surface area (Å²) in [5, 5.41) is 0. The molecule has 0 saturated heterocycles. The topological polar surface area (TPSA) is 38.8 Å². The van der Waals surface area contributed by atoms with Crippen LogP contribution in [0.1, 0.15) is 32.4 Å². The van der Waals surface area contributed by atoms with Gasteiger partial charge in [-0.05, 0) is 36.2 Å². The lowest BCUT2D eigenvalue weighted by Crippen LogP contribution is -2.35. The van der Waals surface area contributed by atoms with Crippen LogP contribution >= 0.6 is 0 Å². The van der Waals surface area contributed by atoms with Crippen LogP contribution in [0.5, 0.6) is 5.75 Å². The molecule has 1 amide bonds. The van der Waals surface area contributed by atoms with Crippen molar-refractivity contribution in [2.75, 3.05) is 18.6 Å². The van der Waals surface area contributed by atoms with Crippen molar-refractivity contribution < 1.29 is 14.0 Å². The third-order valence-electron chi connectivity index (χ3n) is 3.57. The maximum absolute atomic E-state index is 11.7. The molecule has 1 atom stereocenters. The van der Waals surface area contributed by atoms with Crippen molar-refractivity contribution in [1.82, 2.24) is 0 Å².